The molecule has 1 fully saturated rings. The molecule has 21 nitrogen and oxygen atoms in total. The zero-order valence-electron chi connectivity index (χ0n) is 37.7. The molecule has 0 aromatic heterocycles. The molecule has 2 aromatic carbocycles. The topological polar surface area (TPSA) is 293 Å². The minimum atomic E-state index is -1.81. The summed E-state index contributed by atoms with van der Waals surface area (Å²) in [7, 11) is 1.35. The normalized spacial score (nSPS) is 17.3. The smallest absolute Gasteiger partial charge is 0.336 e. The number of hydrogen-bond donors (Lipinski definition) is 8. The van der Waals surface area contributed by atoms with E-state index in [-0.39, 0.29) is 31.1 Å². The minimum absolute atomic E-state index is 0.0200. The Labute approximate surface area is 377 Å². The second kappa shape index (κ2) is 25.0. The van der Waals surface area contributed by atoms with E-state index >= 15 is 0 Å². The van der Waals surface area contributed by atoms with Crippen LogP contribution in [0.25, 0.3) is 0 Å². The molecule has 0 saturated carbocycles. The molecule has 1 heterocycles. The third-order valence-electron chi connectivity index (χ3n) is 10.9. The Kier molecular flexibility index (Phi) is 20.3. The molecule has 0 bridgehead atoms. The summed E-state index contributed by atoms with van der Waals surface area (Å²) >= 11 is 0. The average molecular weight is 911 g/mol. The second-order valence-electron chi connectivity index (χ2n) is 16.4. The van der Waals surface area contributed by atoms with E-state index in [1.807, 2.05) is 60.7 Å². The highest BCUT2D eigenvalue weighted by molar-refractivity contribution is 5.97. The monoisotopic (exact) mass is 910 g/mol. The molecule has 2 aromatic rings. The maximum absolute atomic E-state index is 14.6. The maximum atomic E-state index is 14.6. The zero-order chi connectivity index (χ0) is 48.5. The number of nitrogens with zero attached hydrogens (tertiary/aromatic N) is 3. The van der Waals surface area contributed by atoms with E-state index in [1.54, 1.807) is 27.7 Å². The largest absolute Gasteiger partial charge is 0.481 e. The summed E-state index contributed by atoms with van der Waals surface area (Å²) in [5.74, 6) is -10.0. The average Bonchev–Trinajstić information content (AvgIpc) is 3.70. The first kappa shape index (κ1) is 52.7. The fourth-order valence-electron chi connectivity index (χ4n) is 7.08. The predicted octanol–water partition coefficient (Wildman–Crippen LogP) is 1.71. The van der Waals surface area contributed by atoms with Crippen LogP contribution in [0, 0.1) is 11.8 Å². The summed E-state index contributed by atoms with van der Waals surface area (Å²) in [6.45, 7) is 9.32. The van der Waals surface area contributed by atoms with Crippen LogP contribution < -0.4 is 26.7 Å². The Bertz CT molecular complexity index is 1970. The number of nitrogens with one attached hydrogen (secondary N) is 5. The molecule has 3 rings (SSSR count). The van der Waals surface area contributed by atoms with Crippen LogP contribution in [0.3, 0.4) is 0 Å². The number of hydroxylamine groups is 2. The van der Waals surface area contributed by atoms with Gasteiger partial charge in [-0.15, -0.1) is 0 Å². The number of urea groups is 1. The number of carbonyl (C=O) groups excluding carboxylic acids is 7. The third-order valence-corrected chi connectivity index (χ3v) is 10.9. The van der Waals surface area contributed by atoms with E-state index in [4.69, 9.17) is 4.74 Å². The lowest BCUT2D eigenvalue weighted by molar-refractivity contribution is -0.187. The van der Waals surface area contributed by atoms with Crippen molar-refractivity contribution in [3.8, 4) is 0 Å². The van der Waals surface area contributed by atoms with Crippen molar-refractivity contribution in [3.05, 3.63) is 71.8 Å². The molecule has 0 unspecified atom stereocenters. The van der Waals surface area contributed by atoms with Gasteiger partial charge in [0.25, 0.3) is 11.8 Å². The number of carboxylic acid groups (broad SMARTS) is 2. The Hall–Kier alpha value is -6.61. The van der Waals surface area contributed by atoms with Gasteiger partial charge in [-0.1, -0.05) is 94.8 Å². The summed E-state index contributed by atoms with van der Waals surface area (Å²) < 4.78 is 6.16. The highest BCUT2D eigenvalue weighted by Gasteiger charge is 2.45. The molecule has 0 aliphatic carbocycles. The SMILES string of the molecule is CC[C@H](C)[C@@H](C(=O)N[C@H](C(=O)N1C[C@H](OCc2ccccc2)C[C@H]1C(=O)NN(C)C(=O)N[C@@H](C)c1ccccc1)C(C)C)N(O)C(=O)[C@@H](CCC(=O)O)NC(=O)[C@H](CC(=O)O)NC(C)=O. The van der Waals surface area contributed by atoms with Crippen LogP contribution in [0.1, 0.15) is 90.8 Å². The predicted molar refractivity (Wildman–Crippen MR) is 232 cm³/mol. The lowest BCUT2D eigenvalue weighted by Gasteiger charge is -2.35. The first-order valence-electron chi connectivity index (χ1n) is 21.3. The number of rotatable bonds is 22. The second-order valence-corrected chi connectivity index (χ2v) is 16.4. The Morgan fingerprint density at radius 3 is 1.98 bits per heavy atom. The number of carboxylic acids is 2. The van der Waals surface area contributed by atoms with Crippen molar-refractivity contribution in [2.24, 2.45) is 11.8 Å². The number of amides is 8. The fraction of sp³-hybridized carbons (Fsp3) is 0.523. The molecule has 8 N–H and O–H groups in total. The van der Waals surface area contributed by atoms with Crippen LogP contribution in [-0.2, 0) is 49.7 Å². The Balaban J connectivity index is 1.89. The molecule has 0 radical (unpaired) electrons. The molecule has 21 heteroatoms. The standard InChI is InChI=1S/C44H62N8O13/c1-8-26(4)38(52(64)42(61)32(19-20-35(54)55)47-39(58)33(22-36(56)57)46-28(6)53)41(60)48-37(25(2)3)43(62)51-23-31(65-24-29-15-11-9-12-16-29)21-34(51)40(59)49-50(7)44(63)45-27(5)30-17-13-10-14-18-30/h9-18,25-27,31-34,37-38,64H,8,19-24H2,1-7H3,(H,45,63)(H,46,53)(H,47,58)(H,48,60)(H,49,59)(H,54,55)(H,56,57)/t26-,27-,31+,32+,33-,34-,37-,38-/m0/s1. The van der Waals surface area contributed by atoms with Crippen LogP contribution in [0.15, 0.2) is 60.7 Å². The van der Waals surface area contributed by atoms with Crippen molar-refractivity contribution in [1.29, 1.82) is 0 Å². The third kappa shape index (κ3) is 15.9. The molecular weight excluding hydrogens is 849 g/mol. The molecular formula is C44H62N8O13. The molecule has 65 heavy (non-hydrogen) atoms. The molecule has 356 valence electrons. The van der Waals surface area contributed by atoms with Gasteiger partial charge in [-0.25, -0.2) is 14.9 Å². The van der Waals surface area contributed by atoms with Gasteiger partial charge in [0.1, 0.15) is 30.2 Å². The molecule has 1 aliphatic heterocycles. The van der Waals surface area contributed by atoms with Crippen LogP contribution >= 0.6 is 0 Å². The van der Waals surface area contributed by atoms with Gasteiger partial charge < -0.3 is 41.1 Å². The number of hydrazine groups is 1. The molecule has 1 saturated heterocycles. The van der Waals surface area contributed by atoms with E-state index < -0.39 is 127 Å². The van der Waals surface area contributed by atoms with Crippen LogP contribution in [-0.4, -0.2) is 134 Å². The number of carbonyl (C=O) groups is 9. The van der Waals surface area contributed by atoms with E-state index in [0.717, 1.165) is 23.1 Å². The van der Waals surface area contributed by atoms with Gasteiger partial charge in [0, 0.05) is 33.4 Å². The van der Waals surface area contributed by atoms with Gasteiger partial charge in [-0.05, 0) is 36.3 Å². The molecule has 8 amide bonds. The number of ether oxygens (including phenoxy) is 1. The first-order chi connectivity index (χ1) is 30.6. The highest BCUT2D eigenvalue weighted by atomic mass is 16.5. The number of hydrogen-bond acceptors (Lipinski definition) is 11. The van der Waals surface area contributed by atoms with Crippen LogP contribution in [0.4, 0.5) is 4.79 Å². The number of likely N-dealkylation sites (tertiary alicyclic amines) is 1. The Morgan fingerprint density at radius 1 is 0.815 bits per heavy atom. The van der Waals surface area contributed by atoms with E-state index in [2.05, 4.69) is 26.7 Å². The molecule has 1 aliphatic rings. The van der Waals surface area contributed by atoms with Gasteiger partial charge >= 0.3 is 18.0 Å². The van der Waals surface area contributed by atoms with Crippen molar-refractivity contribution in [2.75, 3.05) is 13.6 Å². The van der Waals surface area contributed by atoms with Gasteiger partial charge in [-0.2, -0.15) is 0 Å². The maximum Gasteiger partial charge on any atom is 0.336 e. The quantitative estimate of drug-likeness (QED) is 0.0618. The number of aliphatic carboxylic acids is 2. The first-order valence-corrected chi connectivity index (χ1v) is 21.3. The van der Waals surface area contributed by atoms with E-state index in [0.29, 0.717) is 0 Å². The van der Waals surface area contributed by atoms with Crippen molar-refractivity contribution >= 4 is 53.4 Å². The van der Waals surface area contributed by atoms with Gasteiger partial charge in [-0.3, -0.25) is 49.0 Å². The lowest BCUT2D eigenvalue weighted by Crippen LogP contribution is -2.62. The zero-order valence-corrected chi connectivity index (χ0v) is 37.7. The van der Waals surface area contributed by atoms with Gasteiger partial charge in [0.05, 0.1) is 25.2 Å². The summed E-state index contributed by atoms with van der Waals surface area (Å²) in [5, 5.41) is 40.9. The minimum Gasteiger partial charge on any atom is -0.481 e. The van der Waals surface area contributed by atoms with Gasteiger partial charge in [0.15, 0.2) is 0 Å². The summed E-state index contributed by atoms with van der Waals surface area (Å²) in [4.78, 5) is 119. The Morgan fingerprint density at radius 2 is 1.43 bits per heavy atom. The van der Waals surface area contributed by atoms with Crippen molar-refractivity contribution in [1.82, 2.24) is 41.7 Å². The van der Waals surface area contributed by atoms with Crippen molar-refractivity contribution < 1.29 is 63.3 Å². The fourth-order valence-corrected chi connectivity index (χ4v) is 7.08. The van der Waals surface area contributed by atoms with Crippen molar-refractivity contribution in [3.63, 3.8) is 0 Å². The summed E-state index contributed by atoms with van der Waals surface area (Å²) in [6.07, 6.45) is -2.65. The lowest BCUT2D eigenvalue weighted by atomic mass is 9.95. The van der Waals surface area contributed by atoms with Crippen LogP contribution in [0.2, 0.25) is 0 Å². The van der Waals surface area contributed by atoms with Crippen molar-refractivity contribution in [2.45, 2.75) is 123 Å². The van der Waals surface area contributed by atoms with E-state index in [9.17, 15) is 58.6 Å². The number of benzene rings is 2. The highest BCUT2D eigenvalue weighted by Crippen LogP contribution is 2.25. The van der Waals surface area contributed by atoms with E-state index in [1.165, 1.54) is 18.9 Å². The molecule has 8 atom stereocenters. The summed E-state index contributed by atoms with van der Waals surface area (Å²) in [5.41, 5.74) is 4.22. The summed E-state index contributed by atoms with van der Waals surface area (Å²) in [6, 6.07) is 9.57. The van der Waals surface area contributed by atoms with Gasteiger partial charge in [0.2, 0.25) is 23.6 Å². The van der Waals surface area contributed by atoms with Crippen LogP contribution in [0.5, 0.6) is 0 Å². The molecule has 0 spiro atoms.